The Labute approximate surface area is 155 Å². The summed E-state index contributed by atoms with van der Waals surface area (Å²) in [5.41, 5.74) is 0. The van der Waals surface area contributed by atoms with Crippen LogP contribution >= 0.6 is 23.7 Å². The highest BCUT2D eigenvalue weighted by atomic mass is 35.5. The Bertz CT molecular complexity index is 647. The molecule has 1 aromatic heterocycles. The Morgan fingerprint density at radius 2 is 2.16 bits per heavy atom. The van der Waals surface area contributed by atoms with Gasteiger partial charge in [-0.3, -0.25) is 19.7 Å². The van der Waals surface area contributed by atoms with Crippen LogP contribution in [0.25, 0.3) is 0 Å². The lowest BCUT2D eigenvalue weighted by molar-refractivity contribution is -0.380. The van der Waals surface area contributed by atoms with Crippen LogP contribution in [-0.4, -0.2) is 53.4 Å². The fraction of sp³-hybridized carbons (Fsp3) is 0.600. The van der Waals surface area contributed by atoms with Crippen molar-refractivity contribution in [3.63, 3.8) is 0 Å². The van der Waals surface area contributed by atoms with E-state index in [9.17, 15) is 19.7 Å². The summed E-state index contributed by atoms with van der Waals surface area (Å²) in [6.07, 6.45) is 3.56. The normalized spacial score (nSPS) is 22.5. The molecule has 0 bridgehead atoms. The number of nitrogens with one attached hydrogen (secondary N) is 2. The standard InChI is InChI=1S/C15H20N4O4S.ClH/c20-14(17-9-10-3-1-7-16-10)11-4-2-8-18(11)15(21)12-5-6-13(24-12)19(22)23;/h5-6,10-11,16H,1-4,7-9H2,(H,17,20);1H. The first-order valence-corrected chi connectivity index (χ1v) is 8.94. The number of nitro groups is 1. The zero-order valence-corrected chi connectivity index (χ0v) is 15.2. The summed E-state index contributed by atoms with van der Waals surface area (Å²) in [5, 5.41) is 16.9. The summed E-state index contributed by atoms with van der Waals surface area (Å²) in [7, 11) is 0. The second-order valence-electron chi connectivity index (χ2n) is 6.09. The molecule has 0 saturated carbocycles. The Hall–Kier alpha value is -1.71. The third-order valence-electron chi connectivity index (χ3n) is 4.48. The number of nitrogens with zero attached hydrogens (tertiary/aromatic N) is 2. The van der Waals surface area contributed by atoms with Gasteiger partial charge >= 0.3 is 5.00 Å². The van der Waals surface area contributed by atoms with E-state index in [-0.39, 0.29) is 29.2 Å². The third kappa shape index (κ3) is 4.47. The quantitative estimate of drug-likeness (QED) is 0.588. The van der Waals surface area contributed by atoms with Crippen LogP contribution in [0.2, 0.25) is 0 Å². The number of rotatable bonds is 5. The van der Waals surface area contributed by atoms with Crippen molar-refractivity contribution in [1.82, 2.24) is 15.5 Å². The van der Waals surface area contributed by atoms with E-state index in [0.717, 1.165) is 37.1 Å². The van der Waals surface area contributed by atoms with Gasteiger partial charge in [0.05, 0.1) is 9.80 Å². The minimum absolute atomic E-state index is 0. The van der Waals surface area contributed by atoms with Gasteiger partial charge in [-0.1, -0.05) is 11.3 Å². The second-order valence-corrected chi connectivity index (χ2v) is 7.15. The molecule has 3 rings (SSSR count). The Morgan fingerprint density at radius 3 is 2.80 bits per heavy atom. The van der Waals surface area contributed by atoms with E-state index < -0.39 is 11.0 Å². The van der Waals surface area contributed by atoms with E-state index in [2.05, 4.69) is 10.6 Å². The Morgan fingerprint density at radius 1 is 1.36 bits per heavy atom. The van der Waals surface area contributed by atoms with Crippen molar-refractivity contribution in [2.24, 2.45) is 0 Å². The fourth-order valence-corrected chi connectivity index (χ4v) is 4.01. The van der Waals surface area contributed by atoms with Crippen molar-refractivity contribution < 1.29 is 14.5 Å². The van der Waals surface area contributed by atoms with Gasteiger partial charge in [0.2, 0.25) is 5.91 Å². The van der Waals surface area contributed by atoms with Gasteiger partial charge in [0, 0.05) is 25.2 Å². The summed E-state index contributed by atoms with van der Waals surface area (Å²) >= 11 is 0.851. The molecule has 2 unspecified atom stereocenters. The van der Waals surface area contributed by atoms with Crippen molar-refractivity contribution >= 4 is 40.6 Å². The first kappa shape index (κ1) is 19.6. The lowest BCUT2D eigenvalue weighted by Crippen LogP contribution is -2.48. The van der Waals surface area contributed by atoms with Crippen molar-refractivity contribution in [3.8, 4) is 0 Å². The molecule has 0 aliphatic carbocycles. The number of amides is 2. The smallest absolute Gasteiger partial charge is 0.324 e. The average molecular weight is 389 g/mol. The van der Waals surface area contributed by atoms with Crippen LogP contribution < -0.4 is 10.6 Å². The van der Waals surface area contributed by atoms with E-state index in [1.165, 1.54) is 17.0 Å². The molecule has 2 saturated heterocycles. The van der Waals surface area contributed by atoms with Crippen molar-refractivity contribution in [2.45, 2.75) is 37.8 Å². The number of thiophene rings is 1. The molecule has 138 valence electrons. The van der Waals surface area contributed by atoms with Crippen LogP contribution in [0.3, 0.4) is 0 Å². The summed E-state index contributed by atoms with van der Waals surface area (Å²) in [4.78, 5) is 37.1. The largest absolute Gasteiger partial charge is 0.353 e. The molecule has 0 aromatic carbocycles. The second kappa shape index (κ2) is 8.59. The van der Waals surface area contributed by atoms with Gasteiger partial charge in [-0.2, -0.15) is 0 Å². The highest BCUT2D eigenvalue weighted by Gasteiger charge is 2.35. The number of halogens is 1. The average Bonchev–Trinajstić information content (AvgIpc) is 3.33. The van der Waals surface area contributed by atoms with E-state index >= 15 is 0 Å². The Kier molecular flexibility index (Phi) is 6.74. The molecule has 2 fully saturated rings. The minimum Gasteiger partial charge on any atom is -0.353 e. The summed E-state index contributed by atoms with van der Waals surface area (Å²) < 4.78 is 0. The molecule has 1 aromatic rings. The monoisotopic (exact) mass is 388 g/mol. The molecule has 2 atom stereocenters. The van der Waals surface area contributed by atoms with Crippen LogP contribution in [0, 0.1) is 10.1 Å². The highest BCUT2D eigenvalue weighted by molar-refractivity contribution is 7.17. The topological polar surface area (TPSA) is 105 Å². The van der Waals surface area contributed by atoms with Crippen LogP contribution in [0.5, 0.6) is 0 Å². The molecule has 10 heteroatoms. The van der Waals surface area contributed by atoms with Gasteiger partial charge in [0.1, 0.15) is 6.04 Å². The number of hydrogen-bond donors (Lipinski definition) is 2. The van der Waals surface area contributed by atoms with Crippen molar-refractivity contribution in [1.29, 1.82) is 0 Å². The van der Waals surface area contributed by atoms with Gasteiger partial charge in [-0.15, -0.1) is 12.4 Å². The maximum atomic E-state index is 12.6. The van der Waals surface area contributed by atoms with Crippen LogP contribution in [0.1, 0.15) is 35.4 Å². The Balaban J connectivity index is 0.00000225. The number of hydrogen-bond acceptors (Lipinski definition) is 6. The predicted octanol–water partition coefficient (Wildman–Crippen LogP) is 1.55. The molecule has 0 spiro atoms. The molecule has 8 nitrogen and oxygen atoms in total. The first-order chi connectivity index (χ1) is 11.6. The van der Waals surface area contributed by atoms with E-state index in [0.29, 0.717) is 30.4 Å². The van der Waals surface area contributed by atoms with E-state index in [4.69, 9.17) is 0 Å². The fourth-order valence-electron chi connectivity index (χ4n) is 3.24. The zero-order valence-electron chi connectivity index (χ0n) is 13.6. The summed E-state index contributed by atoms with van der Waals surface area (Å²) in [6, 6.07) is 2.61. The molecular weight excluding hydrogens is 368 g/mol. The highest BCUT2D eigenvalue weighted by Crippen LogP contribution is 2.28. The lowest BCUT2D eigenvalue weighted by Gasteiger charge is -2.24. The molecule has 2 amide bonds. The first-order valence-electron chi connectivity index (χ1n) is 8.12. The SMILES string of the molecule is Cl.O=C(NCC1CCCN1)C1CCCN1C(=O)c1ccc([N+](=O)[O-])s1. The third-order valence-corrected chi connectivity index (χ3v) is 5.51. The van der Waals surface area contributed by atoms with Crippen LogP contribution in [0.4, 0.5) is 5.00 Å². The predicted molar refractivity (Wildman–Crippen MR) is 96.3 cm³/mol. The number of carbonyl (C=O) groups is 2. The summed E-state index contributed by atoms with van der Waals surface area (Å²) in [5.74, 6) is -0.439. The zero-order chi connectivity index (χ0) is 17.1. The van der Waals surface area contributed by atoms with Gasteiger partial charge in [0.15, 0.2) is 0 Å². The van der Waals surface area contributed by atoms with E-state index in [1.54, 1.807) is 0 Å². The maximum absolute atomic E-state index is 12.6. The molecule has 3 heterocycles. The minimum atomic E-state index is -0.510. The van der Waals surface area contributed by atoms with E-state index in [1.807, 2.05) is 0 Å². The number of carbonyl (C=O) groups excluding carboxylic acids is 2. The van der Waals surface area contributed by atoms with Gasteiger partial charge in [-0.05, 0) is 38.3 Å². The van der Waals surface area contributed by atoms with Gasteiger partial charge in [-0.25, -0.2) is 0 Å². The van der Waals surface area contributed by atoms with Crippen molar-refractivity contribution in [3.05, 3.63) is 27.1 Å². The molecular formula is C15H21ClN4O4S. The maximum Gasteiger partial charge on any atom is 0.324 e. The molecule has 2 N–H and O–H groups in total. The molecule has 2 aliphatic rings. The van der Waals surface area contributed by atoms with Gasteiger partial charge < -0.3 is 15.5 Å². The lowest BCUT2D eigenvalue weighted by atomic mass is 10.2. The van der Waals surface area contributed by atoms with Crippen LogP contribution in [0.15, 0.2) is 12.1 Å². The van der Waals surface area contributed by atoms with Crippen molar-refractivity contribution in [2.75, 3.05) is 19.6 Å². The number of likely N-dealkylation sites (tertiary alicyclic amines) is 1. The molecule has 0 radical (unpaired) electrons. The molecule has 2 aliphatic heterocycles. The molecule has 25 heavy (non-hydrogen) atoms. The van der Waals surface area contributed by atoms with Crippen LogP contribution in [-0.2, 0) is 4.79 Å². The summed E-state index contributed by atoms with van der Waals surface area (Å²) in [6.45, 7) is 2.05. The van der Waals surface area contributed by atoms with Gasteiger partial charge in [0.25, 0.3) is 5.91 Å².